The van der Waals surface area contributed by atoms with Crippen molar-refractivity contribution in [3.63, 3.8) is 0 Å². The maximum absolute atomic E-state index is 14.2. The van der Waals surface area contributed by atoms with Crippen LogP contribution in [0.3, 0.4) is 0 Å². The second kappa shape index (κ2) is 9.92. The van der Waals surface area contributed by atoms with E-state index < -0.39 is 28.6 Å². The van der Waals surface area contributed by atoms with Crippen molar-refractivity contribution in [2.75, 3.05) is 5.32 Å². The molecule has 0 aliphatic carbocycles. The first-order valence-electron chi connectivity index (χ1n) is 9.59. The summed E-state index contributed by atoms with van der Waals surface area (Å²) in [6, 6.07) is 7.59. The summed E-state index contributed by atoms with van der Waals surface area (Å²) in [5.41, 5.74) is 0.599. The summed E-state index contributed by atoms with van der Waals surface area (Å²) in [6.45, 7) is 0.0499. The van der Waals surface area contributed by atoms with Crippen molar-refractivity contribution in [3.05, 3.63) is 82.6 Å². The van der Waals surface area contributed by atoms with Gasteiger partial charge in [-0.2, -0.15) is 13.2 Å². The third-order valence-electron chi connectivity index (χ3n) is 4.31. The highest BCUT2D eigenvalue weighted by atomic mass is 32.1. The van der Waals surface area contributed by atoms with Crippen LogP contribution in [0.15, 0.2) is 53.4 Å². The van der Waals surface area contributed by atoms with Crippen molar-refractivity contribution in [2.45, 2.75) is 12.7 Å². The lowest BCUT2D eigenvalue weighted by Gasteiger charge is -2.10. The van der Waals surface area contributed by atoms with Crippen molar-refractivity contribution < 1.29 is 26.5 Å². The van der Waals surface area contributed by atoms with E-state index in [0.717, 1.165) is 6.20 Å². The van der Waals surface area contributed by atoms with Crippen molar-refractivity contribution >= 4 is 33.7 Å². The topological polar surface area (TPSA) is 126 Å². The Labute approximate surface area is 197 Å². The second-order valence-electron chi connectivity index (χ2n) is 6.73. The standard InChI is InChI=1S/C20H13F5N8OS/c21-11-4-2-1-3-10(11)8-27-15(14-5-6-34-33-14)7-13(26)17-28-9-12(22)16(29-17)30-19-32-31-18(35-19)20(23,24)25/h1-7,9,26-27H,8H2,(H,28,29,30,32)/b15-7-,26-13?. The summed E-state index contributed by atoms with van der Waals surface area (Å²) in [5, 5.41) is 22.1. The monoisotopic (exact) mass is 508 g/mol. The molecule has 15 heteroatoms. The Morgan fingerprint density at radius 1 is 1.11 bits per heavy atom. The third-order valence-corrected chi connectivity index (χ3v) is 5.19. The molecular formula is C20H13F5N8OS. The highest BCUT2D eigenvalue weighted by molar-refractivity contribution is 7.15. The van der Waals surface area contributed by atoms with Crippen molar-refractivity contribution in [1.29, 1.82) is 5.41 Å². The fourth-order valence-electron chi connectivity index (χ4n) is 2.68. The quantitative estimate of drug-likeness (QED) is 0.234. The largest absolute Gasteiger partial charge is 0.445 e. The molecule has 0 saturated heterocycles. The lowest BCUT2D eigenvalue weighted by atomic mass is 10.2. The number of hydrogen-bond acceptors (Lipinski definition) is 10. The number of anilines is 2. The van der Waals surface area contributed by atoms with Crippen LogP contribution in [0.4, 0.5) is 32.9 Å². The van der Waals surface area contributed by atoms with Gasteiger partial charge in [-0.25, -0.2) is 18.7 Å². The van der Waals surface area contributed by atoms with Crippen LogP contribution in [0, 0.1) is 17.0 Å². The highest BCUT2D eigenvalue weighted by Gasteiger charge is 2.35. The number of hydrogen-bond donors (Lipinski definition) is 3. The van der Waals surface area contributed by atoms with Gasteiger partial charge in [0.25, 0.3) is 0 Å². The number of nitrogens with one attached hydrogen (secondary N) is 3. The molecule has 0 aliphatic rings. The molecule has 35 heavy (non-hydrogen) atoms. The minimum Gasteiger partial charge on any atom is -0.379 e. The Balaban J connectivity index is 1.57. The van der Waals surface area contributed by atoms with E-state index in [1.54, 1.807) is 18.2 Å². The molecular weight excluding hydrogens is 495 g/mol. The van der Waals surface area contributed by atoms with Crippen molar-refractivity contribution in [2.24, 2.45) is 0 Å². The lowest BCUT2D eigenvalue weighted by Crippen LogP contribution is -2.16. The molecule has 0 aliphatic heterocycles. The van der Waals surface area contributed by atoms with Gasteiger partial charge < -0.3 is 15.2 Å². The van der Waals surface area contributed by atoms with Crippen molar-refractivity contribution in [3.8, 4) is 0 Å². The molecule has 3 N–H and O–H groups in total. The number of aromatic nitrogens is 5. The smallest absolute Gasteiger partial charge is 0.379 e. The fraction of sp³-hybridized carbons (Fsp3) is 0.100. The van der Waals surface area contributed by atoms with Crippen LogP contribution in [-0.2, 0) is 12.7 Å². The average Bonchev–Trinajstić information content (AvgIpc) is 3.51. The fourth-order valence-corrected chi connectivity index (χ4v) is 3.29. The van der Waals surface area contributed by atoms with Crippen LogP contribution in [0.1, 0.15) is 22.1 Å². The number of allylic oxidation sites excluding steroid dienone is 1. The predicted octanol–water partition coefficient (Wildman–Crippen LogP) is 4.56. The summed E-state index contributed by atoms with van der Waals surface area (Å²) in [7, 11) is 0. The number of alkyl halides is 3. The van der Waals surface area contributed by atoms with Crippen LogP contribution >= 0.6 is 11.3 Å². The number of benzene rings is 1. The second-order valence-corrected chi connectivity index (χ2v) is 7.70. The van der Waals surface area contributed by atoms with E-state index in [0.29, 0.717) is 11.3 Å². The third kappa shape index (κ3) is 5.81. The highest BCUT2D eigenvalue weighted by Crippen LogP contribution is 2.34. The predicted molar refractivity (Wildman–Crippen MR) is 115 cm³/mol. The van der Waals surface area contributed by atoms with Gasteiger partial charge in [0.15, 0.2) is 17.5 Å². The first-order valence-corrected chi connectivity index (χ1v) is 10.4. The van der Waals surface area contributed by atoms with Crippen LogP contribution in [0.5, 0.6) is 0 Å². The van der Waals surface area contributed by atoms with Gasteiger partial charge in [-0.3, -0.25) is 5.41 Å². The molecule has 0 atom stereocenters. The Bertz CT molecular complexity index is 1370. The molecule has 3 heterocycles. The first kappa shape index (κ1) is 23.9. The van der Waals surface area contributed by atoms with Gasteiger partial charge in [0.2, 0.25) is 10.1 Å². The molecule has 0 amide bonds. The SMILES string of the molecule is N=C(/C=C(\NCc1ccccc1F)c1ccon1)c1ncc(F)c(Nc2nnc(C(F)(F)F)s2)n1. The molecule has 180 valence electrons. The molecule has 4 aromatic rings. The molecule has 0 bridgehead atoms. The molecule has 9 nitrogen and oxygen atoms in total. The minimum atomic E-state index is -4.70. The van der Waals surface area contributed by atoms with Gasteiger partial charge in [-0.05, 0) is 12.1 Å². The van der Waals surface area contributed by atoms with E-state index >= 15 is 0 Å². The number of rotatable bonds is 8. The van der Waals surface area contributed by atoms with Gasteiger partial charge in [0.1, 0.15) is 23.5 Å². The molecule has 0 saturated carbocycles. The molecule has 0 unspecified atom stereocenters. The van der Waals surface area contributed by atoms with Gasteiger partial charge in [0, 0.05) is 18.2 Å². The van der Waals surface area contributed by atoms with Crippen LogP contribution in [0.2, 0.25) is 0 Å². The summed E-state index contributed by atoms with van der Waals surface area (Å²) in [6.07, 6.45) is -1.39. The Hall–Kier alpha value is -4.27. The average molecular weight is 508 g/mol. The maximum Gasteiger partial charge on any atom is 0.445 e. The molecule has 0 fully saturated rings. The molecule has 0 spiro atoms. The van der Waals surface area contributed by atoms with Gasteiger partial charge in [-0.15, -0.1) is 10.2 Å². The van der Waals surface area contributed by atoms with E-state index in [1.165, 1.54) is 24.5 Å². The van der Waals surface area contributed by atoms with Crippen LogP contribution in [0.25, 0.3) is 5.70 Å². The number of halogens is 5. The Morgan fingerprint density at radius 3 is 2.60 bits per heavy atom. The summed E-state index contributed by atoms with van der Waals surface area (Å²) in [5.74, 6) is -2.18. The first-order chi connectivity index (χ1) is 16.7. The Morgan fingerprint density at radius 2 is 1.91 bits per heavy atom. The van der Waals surface area contributed by atoms with E-state index in [-0.39, 0.29) is 40.2 Å². The normalized spacial score (nSPS) is 12.0. The maximum atomic E-state index is 14.2. The van der Waals surface area contributed by atoms with Crippen molar-refractivity contribution in [1.82, 2.24) is 30.6 Å². The summed E-state index contributed by atoms with van der Waals surface area (Å²) < 4.78 is 71.2. The molecule has 1 aromatic carbocycles. The Kier molecular flexibility index (Phi) is 6.77. The van der Waals surface area contributed by atoms with Gasteiger partial charge in [-0.1, -0.05) is 34.7 Å². The molecule has 0 radical (unpaired) electrons. The summed E-state index contributed by atoms with van der Waals surface area (Å²) >= 11 is 0.162. The van der Waals surface area contributed by atoms with E-state index in [2.05, 4.69) is 36.0 Å². The minimum absolute atomic E-state index is 0.0499. The zero-order valence-corrected chi connectivity index (χ0v) is 18.1. The van der Waals surface area contributed by atoms with Crippen LogP contribution < -0.4 is 10.6 Å². The van der Waals surface area contributed by atoms with Crippen LogP contribution in [-0.4, -0.2) is 31.0 Å². The zero-order valence-electron chi connectivity index (χ0n) is 17.3. The van der Waals surface area contributed by atoms with Gasteiger partial charge in [0.05, 0.1) is 11.9 Å². The van der Waals surface area contributed by atoms with Gasteiger partial charge >= 0.3 is 6.18 Å². The summed E-state index contributed by atoms with van der Waals surface area (Å²) in [4.78, 5) is 7.62. The lowest BCUT2D eigenvalue weighted by molar-refractivity contribution is -0.138. The number of nitrogens with zero attached hydrogens (tertiary/aromatic N) is 5. The van der Waals surface area contributed by atoms with E-state index in [1.807, 2.05) is 0 Å². The van der Waals surface area contributed by atoms with E-state index in [4.69, 9.17) is 9.93 Å². The molecule has 3 aromatic heterocycles. The zero-order chi connectivity index (χ0) is 25.0. The molecule has 4 rings (SSSR count). The van der Waals surface area contributed by atoms with E-state index in [9.17, 15) is 22.0 Å².